The van der Waals surface area contributed by atoms with Crippen LogP contribution in [-0.4, -0.2) is 0 Å². The Hall–Kier alpha value is -1.55. The Bertz CT molecular complexity index is 528. The zero-order valence-corrected chi connectivity index (χ0v) is 10.7. The van der Waals surface area contributed by atoms with Crippen LogP contribution in [0.2, 0.25) is 5.02 Å². The molecule has 5 N–H and O–H groups in total. The number of hydrazine groups is 1. The first-order chi connectivity index (χ1) is 8.72. The number of para-hydroxylation sites is 1. The number of nitrogen functional groups attached to an aromatic ring is 1. The van der Waals surface area contributed by atoms with Gasteiger partial charge in [0.15, 0.2) is 0 Å². The highest BCUT2D eigenvalue weighted by Crippen LogP contribution is 2.26. The fraction of sp³-hybridized carbons (Fsp3) is 0.143. The zero-order chi connectivity index (χ0) is 13.0. The van der Waals surface area contributed by atoms with Crippen LogP contribution in [0.4, 0.5) is 5.69 Å². The van der Waals surface area contributed by atoms with Gasteiger partial charge in [0.25, 0.3) is 0 Å². The molecule has 3 nitrogen and oxygen atoms in total. The summed E-state index contributed by atoms with van der Waals surface area (Å²) in [6, 6.07) is 15.4. The van der Waals surface area contributed by atoms with E-state index in [9.17, 15) is 0 Å². The molecule has 4 heteroatoms. The monoisotopic (exact) mass is 261 g/mol. The maximum Gasteiger partial charge on any atom is 0.0521 e. The number of hydrogen-bond donors (Lipinski definition) is 3. The Labute approximate surface area is 112 Å². The Morgan fingerprint density at radius 1 is 1.06 bits per heavy atom. The summed E-state index contributed by atoms with van der Waals surface area (Å²) in [5.74, 6) is 5.62. The smallest absolute Gasteiger partial charge is 0.0521 e. The summed E-state index contributed by atoms with van der Waals surface area (Å²) < 4.78 is 0. The molecule has 2 rings (SSSR count). The third-order valence-corrected chi connectivity index (χ3v) is 3.32. The lowest BCUT2D eigenvalue weighted by Gasteiger charge is -2.18. The minimum Gasteiger partial charge on any atom is -0.398 e. The number of benzene rings is 2. The van der Waals surface area contributed by atoms with E-state index < -0.39 is 0 Å². The van der Waals surface area contributed by atoms with E-state index in [1.807, 2.05) is 48.5 Å². The molecule has 0 saturated carbocycles. The summed E-state index contributed by atoms with van der Waals surface area (Å²) in [6.07, 6.45) is 0.699. The van der Waals surface area contributed by atoms with Crippen LogP contribution >= 0.6 is 11.6 Å². The van der Waals surface area contributed by atoms with Gasteiger partial charge in [-0.2, -0.15) is 0 Å². The Morgan fingerprint density at radius 3 is 2.39 bits per heavy atom. The van der Waals surface area contributed by atoms with Crippen LogP contribution < -0.4 is 17.0 Å². The number of anilines is 1. The van der Waals surface area contributed by atoms with E-state index in [0.717, 1.165) is 21.8 Å². The summed E-state index contributed by atoms with van der Waals surface area (Å²) in [5.41, 5.74) is 11.5. The lowest BCUT2D eigenvalue weighted by Crippen LogP contribution is -2.30. The van der Waals surface area contributed by atoms with Crippen LogP contribution in [0.25, 0.3) is 0 Å². The number of nitrogens with two attached hydrogens (primary N) is 2. The number of halogens is 1. The first kappa shape index (κ1) is 12.9. The normalized spacial score (nSPS) is 12.3. The van der Waals surface area contributed by atoms with E-state index in [1.165, 1.54) is 0 Å². The molecule has 1 atom stereocenters. The van der Waals surface area contributed by atoms with E-state index in [4.69, 9.17) is 23.2 Å². The van der Waals surface area contributed by atoms with Crippen LogP contribution in [0.3, 0.4) is 0 Å². The van der Waals surface area contributed by atoms with Gasteiger partial charge in [0.05, 0.1) is 6.04 Å². The highest BCUT2D eigenvalue weighted by atomic mass is 35.5. The fourth-order valence-electron chi connectivity index (χ4n) is 1.97. The van der Waals surface area contributed by atoms with Crippen molar-refractivity contribution in [2.45, 2.75) is 12.5 Å². The molecular weight excluding hydrogens is 246 g/mol. The molecule has 0 amide bonds. The highest BCUT2D eigenvalue weighted by Gasteiger charge is 2.14. The maximum atomic E-state index is 6.15. The van der Waals surface area contributed by atoms with Gasteiger partial charge in [-0.25, -0.2) is 0 Å². The lowest BCUT2D eigenvalue weighted by atomic mass is 9.98. The zero-order valence-electron chi connectivity index (χ0n) is 9.94. The minimum atomic E-state index is -0.0499. The van der Waals surface area contributed by atoms with Gasteiger partial charge in [0.1, 0.15) is 0 Å². The van der Waals surface area contributed by atoms with Crippen molar-refractivity contribution in [3.05, 3.63) is 64.7 Å². The molecule has 0 radical (unpaired) electrons. The molecular formula is C14H16ClN3. The number of rotatable bonds is 4. The quantitative estimate of drug-likeness (QED) is 0.450. The summed E-state index contributed by atoms with van der Waals surface area (Å²) in [5, 5.41) is 0.743. The van der Waals surface area contributed by atoms with Gasteiger partial charge in [-0.3, -0.25) is 11.3 Å². The maximum absolute atomic E-state index is 6.15. The first-order valence-corrected chi connectivity index (χ1v) is 6.14. The Morgan fingerprint density at radius 2 is 1.72 bits per heavy atom. The van der Waals surface area contributed by atoms with Gasteiger partial charge in [-0.05, 0) is 29.7 Å². The second-order valence-electron chi connectivity index (χ2n) is 4.14. The van der Waals surface area contributed by atoms with Crippen LogP contribution in [0.5, 0.6) is 0 Å². The molecule has 94 valence electrons. The van der Waals surface area contributed by atoms with Crippen molar-refractivity contribution in [1.29, 1.82) is 0 Å². The van der Waals surface area contributed by atoms with Crippen LogP contribution in [-0.2, 0) is 6.42 Å². The molecule has 0 aromatic heterocycles. The van der Waals surface area contributed by atoms with Crippen LogP contribution in [0.1, 0.15) is 17.2 Å². The minimum absolute atomic E-state index is 0.0499. The topological polar surface area (TPSA) is 64.1 Å². The van der Waals surface area contributed by atoms with Gasteiger partial charge in [-0.15, -0.1) is 0 Å². The molecule has 1 unspecified atom stereocenters. The van der Waals surface area contributed by atoms with Crippen molar-refractivity contribution < 1.29 is 0 Å². The molecule has 0 fully saturated rings. The molecule has 2 aromatic rings. The predicted molar refractivity (Wildman–Crippen MR) is 76.1 cm³/mol. The highest BCUT2D eigenvalue weighted by molar-refractivity contribution is 6.31. The molecule has 0 bridgehead atoms. The largest absolute Gasteiger partial charge is 0.398 e. The van der Waals surface area contributed by atoms with E-state index >= 15 is 0 Å². The molecule has 0 aliphatic heterocycles. The van der Waals surface area contributed by atoms with Crippen molar-refractivity contribution in [2.24, 2.45) is 5.84 Å². The molecule has 18 heavy (non-hydrogen) atoms. The Balaban J connectivity index is 2.26. The van der Waals surface area contributed by atoms with E-state index in [0.29, 0.717) is 6.42 Å². The Kier molecular flexibility index (Phi) is 4.20. The van der Waals surface area contributed by atoms with Crippen LogP contribution in [0.15, 0.2) is 48.5 Å². The van der Waals surface area contributed by atoms with Crippen molar-refractivity contribution in [2.75, 3.05) is 5.73 Å². The molecule has 2 aromatic carbocycles. The summed E-state index contributed by atoms with van der Waals surface area (Å²) >= 11 is 6.15. The molecule has 0 saturated heterocycles. The summed E-state index contributed by atoms with van der Waals surface area (Å²) in [4.78, 5) is 0. The third-order valence-electron chi connectivity index (χ3n) is 2.95. The van der Waals surface area contributed by atoms with Gasteiger partial charge in [0, 0.05) is 10.7 Å². The average Bonchev–Trinajstić information content (AvgIpc) is 2.39. The van der Waals surface area contributed by atoms with Gasteiger partial charge < -0.3 is 5.73 Å². The third kappa shape index (κ3) is 2.82. The summed E-state index contributed by atoms with van der Waals surface area (Å²) in [7, 11) is 0. The first-order valence-electron chi connectivity index (χ1n) is 5.76. The predicted octanol–water partition coefficient (Wildman–Crippen LogP) is 2.67. The second kappa shape index (κ2) is 5.87. The van der Waals surface area contributed by atoms with Crippen molar-refractivity contribution >= 4 is 17.3 Å². The van der Waals surface area contributed by atoms with Crippen molar-refractivity contribution in [3.8, 4) is 0 Å². The number of nitrogens with one attached hydrogen (secondary N) is 1. The molecule has 0 spiro atoms. The van der Waals surface area contributed by atoms with Crippen molar-refractivity contribution in [3.63, 3.8) is 0 Å². The summed E-state index contributed by atoms with van der Waals surface area (Å²) in [6.45, 7) is 0. The standard InChI is InChI=1S/C14H16ClN3/c15-12-7-3-1-5-10(12)9-14(18-17)11-6-2-4-8-13(11)16/h1-8,14,18H,9,16-17H2. The average molecular weight is 262 g/mol. The van der Waals surface area contributed by atoms with Crippen molar-refractivity contribution in [1.82, 2.24) is 5.43 Å². The van der Waals surface area contributed by atoms with E-state index in [2.05, 4.69) is 5.43 Å². The molecule has 0 aliphatic rings. The van der Waals surface area contributed by atoms with Crippen LogP contribution in [0, 0.1) is 0 Å². The van der Waals surface area contributed by atoms with E-state index in [1.54, 1.807) is 0 Å². The van der Waals surface area contributed by atoms with Gasteiger partial charge >= 0.3 is 0 Å². The van der Waals surface area contributed by atoms with E-state index in [-0.39, 0.29) is 6.04 Å². The SMILES string of the molecule is NNC(Cc1ccccc1Cl)c1ccccc1N. The van der Waals surface area contributed by atoms with Gasteiger partial charge in [0.2, 0.25) is 0 Å². The lowest BCUT2D eigenvalue weighted by molar-refractivity contribution is 0.553. The molecule has 0 heterocycles. The number of hydrogen-bond acceptors (Lipinski definition) is 3. The fourth-order valence-corrected chi connectivity index (χ4v) is 2.18. The second-order valence-corrected chi connectivity index (χ2v) is 4.55. The van der Waals surface area contributed by atoms with Gasteiger partial charge in [-0.1, -0.05) is 48.0 Å². The molecule has 0 aliphatic carbocycles.